The Hall–Kier alpha value is -2.52. The van der Waals surface area contributed by atoms with Gasteiger partial charge < -0.3 is 10.2 Å². The first-order valence-corrected chi connectivity index (χ1v) is 10.8. The van der Waals surface area contributed by atoms with Gasteiger partial charge in [0, 0.05) is 24.7 Å². The first-order chi connectivity index (χ1) is 13.7. The monoisotopic (exact) mass is 391 g/mol. The highest BCUT2D eigenvalue weighted by atomic mass is 32.2. The number of anilines is 1. The van der Waals surface area contributed by atoms with Gasteiger partial charge in [-0.25, -0.2) is 9.97 Å². The van der Waals surface area contributed by atoms with Crippen molar-refractivity contribution in [3.05, 3.63) is 57.4 Å². The molecule has 0 amide bonds. The van der Waals surface area contributed by atoms with Gasteiger partial charge in [0.25, 0.3) is 0 Å². The zero-order valence-corrected chi connectivity index (χ0v) is 17.2. The topological polar surface area (TPSA) is 64.8 Å². The summed E-state index contributed by atoms with van der Waals surface area (Å²) in [6, 6.07) is 2.38. The molecule has 28 heavy (non-hydrogen) atoms. The number of nitrogens with zero attached hydrogens (tertiary/aromatic N) is 4. The molecule has 2 aliphatic heterocycles. The predicted molar refractivity (Wildman–Crippen MR) is 115 cm³/mol. The average molecular weight is 392 g/mol. The first kappa shape index (κ1) is 18.8. The summed E-state index contributed by atoms with van der Waals surface area (Å²) < 4.78 is 0. The van der Waals surface area contributed by atoms with E-state index in [0.29, 0.717) is 5.57 Å². The van der Waals surface area contributed by atoms with Crippen LogP contribution in [0.1, 0.15) is 43.9 Å². The Balaban J connectivity index is 1.61. The van der Waals surface area contributed by atoms with E-state index in [2.05, 4.69) is 51.8 Å². The van der Waals surface area contributed by atoms with Crippen LogP contribution in [-0.4, -0.2) is 23.1 Å². The second-order valence-corrected chi connectivity index (χ2v) is 8.48. The number of hydrogen-bond acceptors (Lipinski definition) is 6. The first-order valence-electron chi connectivity index (χ1n) is 9.90. The molecule has 1 aromatic rings. The molecular formula is C22H25N5S. The third-order valence-electron chi connectivity index (χ3n) is 5.45. The van der Waals surface area contributed by atoms with Crippen molar-refractivity contribution in [3.8, 4) is 6.07 Å². The number of rotatable bonds is 3. The van der Waals surface area contributed by atoms with E-state index in [4.69, 9.17) is 4.98 Å². The number of hydrogen-bond donors (Lipinski definition) is 1. The van der Waals surface area contributed by atoms with E-state index in [1.54, 1.807) is 11.8 Å². The highest BCUT2D eigenvalue weighted by Gasteiger charge is 2.23. The Labute approximate surface area is 170 Å². The summed E-state index contributed by atoms with van der Waals surface area (Å²) in [5, 5.41) is 16.3. The van der Waals surface area contributed by atoms with Crippen LogP contribution in [0, 0.1) is 24.2 Å². The van der Waals surface area contributed by atoms with Crippen molar-refractivity contribution in [2.75, 3.05) is 18.0 Å². The molecule has 1 fully saturated rings. The Kier molecular flexibility index (Phi) is 5.54. The van der Waals surface area contributed by atoms with Gasteiger partial charge in [0.2, 0.25) is 5.95 Å². The number of thioether (sulfide) groups is 1. The SMILES string of the molecule is Cc1cnc(N2CCC(C)CC2)nc1/C(C#N)=C1/NC(C2=CCCC=C2)=CS1. The van der Waals surface area contributed by atoms with Crippen LogP contribution in [-0.2, 0) is 0 Å². The Morgan fingerprint density at radius 3 is 2.86 bits per heavy atom. The molecule has 1 saturated heterocycles. The van der Waals surface area contributed by atoms with Crippen LogP contribution in [0.3, 0.4) is 0 Å². The summed E-state index contributed by atoms with van der Waals surface area (Å²) in [5.41, 5.74) is 4.48. The molecule has 0 radical (unpaired) electrons. The maximum Gasteiger partial charge on any atom is 0.225 e. The lowest BCUT2D eigenvalue weighted by Crippen LogP contribution is -2.34. The standard InChI is InChI=1S/C22H25N5S/c1-15-8-10-27(11-9-15)22-24-13-16(2)20(26-22)18(12-23)21-25-19(14-28-21)17-6-4-3-5-7-17/h4,6-7,13-15,25H,3,5,8-11H2,1-2H3/b21-18-. The van der Waals surface area contributed by atoms with Crippen molar-refractivity contribution in [1.82, 2.24) is 15.3 Å². The summed E-state index contributed by atoms with van der Waals surface area (Å²) in [7, 11) is 0. The smallest absolute Gasteiger partial charge is 0.225 e. The lowest BCUT2D eigenvalue weighted by molar-refractivity contribution is 0.434. The lowest BCUT2D eigenvalue weighted by atomic mass is 10.00. The van der Waals surface area contributed by atoms with Gasteiger partial charge in [-0.1, -0.05) is 36.9 Å². The summed E-state index contributed by atoms with van der Waals surface area (Å²) in [5.74, 6) is 1.49. The van der Waals surface area contributed by atoms with Crippen LogP contribution in [0.2, 0.25) is 0 Å². The molecule has 0 spiro atoms. The van der Waals surface area contributed by atoms with Crippen LogP contribution in [0.15, 0.2) is 46.1 Å². The van der Waals surface area contributed by atoms with E-state index >= 15 is 0 Å². The van der Waals surface area contributed by atoms with Crippen molar-refractivity contribution in [3.63, 3.8) is 0 Å². The molecule has 4 rings (SSSR count). The summed E-state index contributed by atoms with van der Waals surface area (Å²) in [4.78, 5) is 11.6. The van der Waals surface area contributed by atoms with Crippen molar-refractivity contribution >= 4 is 23.3 Å². The van der Waals surface area contributed by atoms with Gasteiger partial charge in [-0.2, -0.15) is 5.26 Å². The molecule has 0 saturated carbocycles. The van der Waals surface area contributed by atoms with Crippen molar-refractivity contribution in [2.24, 2.45) is 5.92 Å². The summed E-state index contributed by atoms with van der Waals surface area (Å²) in [6.07, 6.45) is 12.9. The van der Waals surface area contributed by atoms with E-state index in [0.717, 1.165) is 72.6 Å². The summed E-state index contributed by atoms with van der Waals surface area (Å²) >= 11 is 1.56. The average Bonchev–Trinajstić information content (AvgIpc) is 3.21. The molecule has 3 heterocycles. The second-order valence-electron chi connectivity index (χ2n) is 7.60. The predicted octanol–water partition coefficient (Wildman–Crippen LogP) is 4.67. The van der Waals surface area contributed by atoms with E-state index in [1.807, 2.05) is 13.1 Å². The van der Waals surface area contributed by atoms with Gasteiger partial charge in [0.15, 0.2) is 0 Å². The van der Waals surface area contributed by atoms with E-state index in [1.165, 1.54) is 5.57 Å². The minimum atomic E-state index is 0.586. The second kappa shape index (κ2) is 8.24. The molecule has 1 aliphatic carbocycles. The van der Waals surface area contributed by atoms with E-state index < -0.39 is 0 Å². The quantitative estimate of drug-likeness (QED) is 0.756. The largest absolute Gasteiger partial charge is 0.348 e. The molecule has 0 atom stereocenters. The molecule has 1 aromatic heterocycles. The third-order valence-corrected chi connectivity index (χ3v) is 6.35. The molecule has 3 aliphatic rings. The highest BCUT2D eigenvalue weighted by Crippen LogP contribution is 2.35. The number of nitriles is 1. The van der Waals surface area contributed by atoms with Crippen LogP contribution >= 0.6 is 11.8 Å². The van der Waals surface area contributed by atoms with Crippen molar-refractivity contribution in [2.45, 2.75) is 39.5 Å². The van der Waals surface area contributed by atoms with E-state index in [9.17, 15) is 5.26 Å². The van der Waals surface area contributed by atoms with Gasteiger partial charge in [0.05, 0.1) is 16.4 Å². The van der Waals surface area contributed by atoms with Gasteiger partial charge in [0.1, 0.15) is 11.6 Å². The maximum atomic E-state index is 9.91. The lowest BCUT2D eigenvalue weighted by Gasteiger charge is -2.30. The molecule has 6 heteroatoms. The number of piperidine rings is 1. The molecule has 0 unspecified atom stereocenters. The van der Waals surface area contributed by atoms with Crippen LogP contribution in [0.25, 0.3) is 5.57 Å². The zero-order chi connectivity index (χ0) is 19.5. The minimum Gasteiger partial charge on any atom is -0.348 e. The molecule has 5 nitrogen and oxygen atoms in total. The molecule has 0 bridgehead atoms. The Morgan fingerprint density at radius 2 is 2.14 bits per heavy atom. The van der Waals surface area contributed by atoms with Crippen molar-refractivity contribution in [1.29, 1.82) is 5.26 Å². The van der Waals surface area contributed by atoms with Crippen LogP contribution < -0.4 is 10.2 Å². The van der Waals surface area contributed by atoms with Crippen molar-refractivity contribution < 1.29 is 0 Å². The van der Waals surface area contributed by atoms with Crippen LogP contribution in [0.5, 0.6) is 0 Å². The van der Waals surface area contributed by atoms with Gasteiger partial charge >= 0.3 is 0 Å². The minimum absolute atomic E-state index is 0.586. The Bertz CT molecular complexity index is 927. The molecule has 1 N–H and O–H groups in total. The Morgan fingerprint density at radius 1 is 1.32 bits per heavy atom. The number of aryl methyl sites for hydroxylation is 1. The fraction of sp³-hybridized carbons (Fsp3) is 0.409. The number of nitrogens with one attached hydrogen (secondary N) is 1. The zero-order valence-electron chi connectivity index (χ0n) is 16.4. The molecule has 144 valence electrons. The highest BCUT2D eigenvalue weighted by molar-refractivity contribution is 8.06. The normalized spacial score (nSPS) is 21.7. The third kappa shape index (κ3) is 3.85. The molecule has 0 aromatic carbocycles. The fourth-order valence-corrected chi connectivity index (χ4v) is 4.49. The summed E-state index contributed by atoms with van der Waals surface area (Å²) in [6.45, 7) is 6.21. The van der Waals surface area contributed by atoms with Gasteiger partial charge in [-0.15, -0.1) is 0 Å². The van der Waals surface area contributed by atoms with Gasteiger partial charge in [-0.05, 0) is 49.7 Å². The fourth-order valence-electron chi connectivity index (χ4n) is 3.63. The van der Waals surface area contributed by atoms with E-state index in [-0.39, 0.29) is 0 Å². The molecular weight excluding hydrogens is 366 g/mol. The van der Waals surface area contributed by atoms with Gasteiger partial charge in [-0.3, -0.25) is 0 Å². The number of allylic oxidation sites excluding steroid dienone is 4. The van der Waals surface area contributed by atoms with Crippen LogP contribution in [0.4, 0.5) is 5.95 Å². The maximum absolute atomic E-state index is 9.91. The number of aromatic nitrogens is 2.